The van der Waals surface area contributed by atoms with E-state index in [-0.39, 0.29) is 12.2 Å². The fraction of sp³-hybridized carbons (Fsp3) is 0.300. The van der Waals surface area contributed by atoms with E-state index in [0.29, 0.717) is 35.1 Å². The molecule has 138 valence electrons. The van der Waals surface area contributed by atoms with Crippen molar-refractivity contribution in [3.8, 4) is 5.75 Å². The lowest BCUT2D eigenvalue weighted by Crippen LogP contribution is -2.07. The van der Waals surface area contributed by atoms with Crippen molar-refractivity contribution < 1.29 is 14.3 Å². The molecular weight excluding hydrogens is 362 g/mol. The second kappa shape index (κ2) is 7.54. The summed E-state index contributed by atoms with van der Waals surface area (Å²) in [7, 11) is 1.61. The van der Waals surface area contributed by atoms with Crippen LogP contribution >= 0.6 is 11.3 Å². The molecule has 0 amide bonds. The average molecular weight is 381 g/mol. The van der Waals surface area contributed by atoms with Gasteiger partial charge in [-0.3, -0.25) is 9.78 Å². The van der Waals surface area contributed by atoms with E-state index in [2.05, 4.69) is 16.0 Å². The number of Topliss-reactive ketones (excluding diaryl/α,β-unsaturated/α-hetero) is 1. The molecule has 6 nitrogen and oxygen atoms in total. The van der Waals surface area contributed by atoms with E-state index in [1.807, 2.05) is 19.1 Å². The monoisotopic (exact) mass is 381 g/mol. The lowest BCUT2D eigenvalue weighted by Gasteiger charge is -2.16. The molecule has 3 aromatic rings. The van der Waals surface area contributed by atoms with Crippen molar-refractivity contribution in [2.75, 3.05) is 20.3 Å². The Labute approximate surface area is 160 Å². The van der Waals surface area contributed by atoms with Crippen LogP contribution in [0.5, 0.6) is 5.75 Å². The second-order valence-corrected chi connectivity index (χ2v) is 7.51. The average Bonchev–Trinajstić information content (AvgIpc) is 3.14. The molecule has 7 heteroatoms. The molecule has 27 heavy (non-hydrogen) atoms. The Bertz CT molecular complexity index is 1040. The highest BCUT2D eigenvalue weighted by molar-refractivity contribution is 7.13. The van der Waals surface area contributed by atoms with Crippen LogP contribution in [0.15, 0.2) is 30.6 Å². The largest absolute Gasteiger partial charge is 0.494 e. The third-order valence-corrected chi connectivity index (χ3v) is 5.43. The number of ether oxygens (including phenoxy) is 2. The zero-order chi connectivity index (χ0) is 18.8. The first-order chi connectivity index (χ1) is 13.2. The summed E-state index contributed by atoms with van der Waals surface area (Å²) < 4.78 is 10.9. The normalized spacial score (nSPS) is 14.2. The van der Waals surface area contributed by atoms with Gasteiger partial charge in [-0.1, -0.05) is 6.08 Å². The van der Waals surface area contributed by atoms with Gasteiger partial charge in [-0.05, 0) is 31.1 Å². The Balaban J connectivity index is 1.72. The van der Waals surface area contributed by atoms with Crippen molar-refractivity contribution in [3.05, 3.63) is 51.7 Å². The Morgan fingerprint density at radius 3 is 2.85 bits per heavy atom. The first-order valence-corrected chi connectivity index (χ1v) is 9.53. The lowest BCUT2D eigenvalue weighted by molar-refractivity contribution is 0.0995. The van der Waals surface area contributed by atoms with Gasteiger partial charge in [-0.25, -0.2) is 9.97 Å². The van der Waals surface area contributed by atoms with Crippen LogP contribution in [0.3, 0.4) is 0 Å². The smallest absolute Gasteiger partial charge is 0.180 e. The SMILES string of the molecule is COc1ccc(C2=CCOCC2)c2ncc(CC(=O)c3cnc(C)s3)nc12. The van der Waals surface area contributed by atoms with Crippen molar-refractivity contribution >= 4 is 33.7 Å². The number of carbonyl (C=O) groups excluding carboxylic acids is 1. The molecule has 4 rings (SSSR count). The van der Waals surface area contributed by atoms with Crippen LogP contribution in [-0.2, 0) is 11.2 Å². The molecule has 2 aromatic heterocycles. The van der Waals surface area contributed by atoms with Gasteiger partial charge in [0.15, 0.2) is 5.78 Å². The summed E-state index contributed by atoms with van der Waals surface area (Å²) >= 11 is 1.39. The Morgan fingerprint density at radius 1 is 1.26 bits per heavy atom. The van der Waals surface area contributed by atoms with E-state index in [4.69, 9.17) is 14.5 Å². The zero-order valence-corrected chi connectivity index (χ0v) is 16.0. The molecule has 3 heterocycles. The number of hydrogen-bond acceptors (Lipinski definition) is 7. The standard InChI is InChI=1S/C20H19N3O3S/c1-12-21-11-18(27-12)16(24)9-14-10-22-19-15(13-5-7-26-8-6-13)3-4-17(25-2)20(19)23-14/h3-5,10-11H,6-9H2,1-2H3. The number of methoxy groups -OCH3 is 1. The maximum atomic E-state index is 12.5. The lowest BCUT2D eigenvalue weighted by atomic mass is 9.99. The number of rotatable bonds is 5. The third kappa shape index (κ3) is 3.61. The number of nitrogens with zero attached hydrogens (tertiary/aromatic N) is 3. The Kier molecular flexibility index (Phi) is 4.96. The van der Waals surface area contributed by atoms with Gasteiger partial charge in [-0.2, -0.15) is 0 Å². The topological polar surface area (TPSA) is 74.2 Å². The molecular formula is C20H19N3O3S. The van der Waals surface area contributed by atoms with Crippen LogP contribution in [0.1, 0.15) is 32.4 Å². The predicted molar refractivity (Wildman–Crippen MR) is 104 cm³/mol. The molecule has 1 aromatic carbocycles. The van der Waals surface area contributed by atoms with Gasteiger partial charge < -0.3 is 9.47 Å². The van der Waals surface area contributed by atoms with E-state index in [0.717, 1.165) is 22.5 Å². The highest BCUT2D eigenvalue weighted by Crippen LogP contribution is 2.32. The van der Waals surface area contributed by atoms with Crippen LogP contribution in [0, 0.1) is 6.92 Å². The van der Waals surface area contributed by atoms with Gasteiger partial charge in [0.25, 0.3) is 0 Å². The van der Waals surface area contributed by atoms with E-state index >= 15 is 0 Å². The first-order valence-electron chi connectivity index (χ1n) is 8.71. The minimum absolute atomic E-state index is 0.00323. The number of thiazole rings is 1. The summed E-state index contributed by atoms with van der Waals surface area (Å²) in [5.41, 5.74) is 4.32. The molecule has 0 unspecified atom stereocenters. The highest BCUT2D eigenvalue weighted by Gasteiger charge is 2.17. The number of hydrogen-bond donors (Lipinski definition) is 0. The van der Waals surface area contributed by atoms with Crippen LogP contribution in [0.2, 0.25) is 0 Å². The van der Waals surface area contributed by atoms with Gasteiger partial charge in [0.2, 0.25) is 0 Å². The molecule has 0 aliphatic carbocycles. The van der Waals surface area contributed by atoms with E-state index in [1.165, 1.54) is 16.9 Å². The number of benzene rings is 1. The van der Waals surface area contributed by atoms with Crippen molar-refractivity contribution in [1.82, 2.24) is 15.0 Å². The van der Waals surface area contributed by atoms with Crippen molar-refractivity contribution in [3.63, 3.8) is 0 Å². The van der Waals surface area contributed by atoms with Gasteiger partial charge in [-0.15, -0.1) is 11.3 Å². The van der Waals surface area contributed by atoms with Crippen molar-refractivity contribution in [1.29, 1.82) is 0 Å². The molecule has 1 aliphatic rings. The minimum Gasteiger partial charge on any atom is -0.494 e. The summed E-state index contributed by atoms with van der Waals surface area (Å²) in [4.78, 5) is 26.6. The summed E-state index contributed by atoms with van der Waals surface area (Å²) in [6, 6.07) is 3.92. The maximum Gasteiger partial charge on any atom is 0.180 e. The Morgan fingerprint density at radius 2 is 2.15 bits per heavy atom. The number of ketones is 1. The highest BCUT2D eigenvalue weighted by atomic mass is 32.1. The number of aromatic nitrogens is 3. The quantitative estimate of drug-likeness (QED) is 0.628. The molecule has 0 saturated heterocycles. The molecule has 0 radical (unpaired) electrons. The summed E-state index contributed by atoms with van der Waals surface area (Å²) in [5, 5.41) is 0.874. The number of carbonyl (C=O) groups is 1. The minimum atomic E-state index is -0.00323. The number of fused-ring (bicyclic) bond motifs is 1. The summed E-state index contributed by atoms with van der Waals surface area (Å²) in [5.74, 6) is 0.647. The Hall–Kier alpha value is -2.64. The van der Waals surface area contributed by atoms with Gasteiger partial charge in [0.1, 0.15) is 11.3 Å². The van der Waals surface area contributed by atoms with E-state index in [1.54, 1.807) is 19.5 Å². The molecule has 0 bridgehead atoms. The second-order valence-electron chi connectivity index (χ2n) is 6.27. The zero-order valence-electron chi connectivity index (χ0n) is 15.2. The summed E-state index contributed by atoms with van der Waals surface area (Å²) in [6.07, 6.45) is 6.41. The third-order valence-electron chi connectivity index (χ3n) is 4.48. The predicted octanol–water partition coefficient (Wildman–Crippen LogP) is 3.63. The first kappa shape index (κ1) is 17.8. The van der Waals surface area contributed by atoms with Gasteiger partial charge in [0.05, 0.1) is 47.8 Å². The molecule has 0 N–H and O–H groups in total. The summed E-state index contributed by atoms with van der Waals surface area (Å²) in [6.45, 7) is 3.19. The molecule has 0 spiro atoms. The van der Waals surface area contributed by atoms with Crippen LogP contribution in [0.4, 0.5) is 0 Å². The van der Waals surface area contributed by atoms with Gasteiger partial charge in [0, 0.05) is 18.0 Å². The molecule has 0 saturated carbocycles. The maximum absolute atomic E-state index is 12.5. The fourth-order valence-corrected chi connectivity index (χ4v) is 3.85. The molecule has 0 fully saturated rings. The van der Waals surface area contributed by atoms with E-state index in [9.17, 15) is 4.79 Å². The van der Waals surface area contributed by atoms with Crippen LogP contribution in [-0.4, -0.2) is 41.1 Å². The van der Waals surface area contributed by atoms with Gasteiger partial charge >= 0.3 is 0 Å². The van der Waals surface area contributed by atoms with E-state index < -0.39 is 0 Å². The van der Waals surface area contributed by atoms with Crippen molar-refractivity contribution in [2.24, 2.45) is 0 Å². The van der Waals surface area contributed by atoms with Crippen LogP contribution in [0.25, 0.3) is 16.6 Å². The molecule has 1 aliphatic heterocycles. The fourth-order valence-electron chi connectivity index (χ4n) is 3.13. The number of aryl methyl sites for hydroxylation is 1. The molecule has 0 atom stereocenters. The van der Waals surface area contributed by atoms with Crippen LogP contribution < -0.4 is 4.74 Å². The van der Waals surface area contributed by atoms with Crippen molar-refractivity contribution in [2.45, 2.75) is 19.8 Å².